The minimum absolute atomic E-state index is 0.0815. The van der Waals surface area contributed by atoms with Crippen LogP contribution in [-0.2, 0) is 19.1 Å². The number of carbonyl (C=O) groups is 4. The molecule has 0 spiro atoms. The molecule has 2 amide bonds. The molecule has 3 saturated carbocycles. The van der Waals surface area contributed by atoms with E-state index in [0.717, 1.165) is 61.9 Å². The standard InChI is InChI=1S/C42H53N5O7S/c1-24(2)43-40-45-36(23-55-40)35-21-37(30-17-16-28(52-4)20-34(30)44-35)53-29-18-31-32(19-29)39(50)47-42(25(3)48)22-26(42)12-8-6-5-7-9-15-33(38(31)49)46-41(51)54-27-13-10-11-14-27/h8,12,16-17,20-21,23-24,26-27,29,31-33H,5-7,9-11,13-15,18-19,22H2,1-4H3,(H,43,45)(H,46,51)(H,47,50)/b12-8-/t26-,29-,31?,32+,33-,42-/m0/s1. The fraction of sp³-hybridized carbons (Fsp3) is 0.571. The van der Waals surface area contributed by atoms with Crippen LogP contribution in [0.15, 0.2) is 41.8 Å². The molecule has 3 aliphatic carbocycles. The molecular formula is C42H53N5O7S. The first-order chi connectivity index (χ1) is 26.5. The number of thiazole rings is 1. The summed E-state index contributed by atoms with van der Waals surface area (Å²) < 4.78 is 18.1. The molecule has 12 nitrogen and oxygen atoms in total. The molecule has 7 rings (SSSR count). The number of fused-ring (bicyclic) bond motifs is 3. The van der Waals surface area contributed by atoms with E-state index in [0.29, 0.717) is 41.2 Å². The molecule has 0 bridgehead atoms. The Balaban J connectivity index is 1.20. The van der Waals surface area contributed by atoms with Gasteiger partial charge in [0.1, 0.15) is 34.9 Å². The van der Waals surface area contributed by atoms with Crippen LogP contribution in [0.25, 0.3) is 22.3 Å². The van der Waals surface area contributed by atoms with Crippen molar-refractivity contribution in [2.75, 3.05) is 12.4 Å². The van der Waals surface area contributed by atoms with E-state index >= 15 is 0 Å². The second-order valence-corrected chi connectivity index (χ2v) is 16.8. The highest BCUT2D eigenvalue weighted by Gasteiger charge is 2.59. The molecule has 0 saturated heterocycles. The summed E-state index contributed by atoms with van der Waals surface area (Å²) in [6, 6.07) is 6.85. The third-order valence-electron chi connectivity index (χ3n) is 11.6. The number of ketones is 2. The summed E-state index contributed by atoms with van der Waals surface area (Å²) in [5, 5.41) is 12.8. The Kier molecular flexibility index (Phi) is 11.8. The molecule has 0 radical (unpaired) electrons. The first-order valence-electron chi connectivity index (χ1n) is 19.9. The van der Waals surface area contributed by atoms with Crippen molar-refractivity contribution in [2.45, 2.75) is 128 Å². The fourth-order valence-corrected chi connectivity index (χ4v) is 9.35. The Morgan fingerprint density at radius 1 is 0.964 bits per heavy atom. The highest BCUT2D eigenvalue weighted by atomic mass is 32.1. The molecule has 3 N–H and O–H groups in total. The van der Waals surface area contributed by atoms with Crippen LogP contribution in [0.3, 0.4) is 0 Å². The van der Waals surface area contributed by atoms with Gasteiger partial charge in [0.2, 0.25) is 5.91 Å². The van der Waals surface area contributed by atoms with Crippen molar-refractivity contribution < 1.29 is 33.4 Å². The van der Waals surface area contributed by atoms with Gasteiger partial charge in [-0.1, -0.05) is 25.0 Å². The van der Waals surface area contributed by atoms with Crippen molar-refractivity contribution in [1.29, 1.82) is 0 Å². The Hall–Kier alpha value is -4.52. The Labute approximate surface area is 326 Å². The van der Waals surface area contributed by atoms with Crippen LogP contribution in [0.2, 0.25) is 0 Å². The van der Waals surface area contributed by atoms with Gasteiger partial charge in [0.05, 0.1) is 30.3 Å². The molecule has 1 unspecified atom stereocenters. The van der Waals surface area contributed by atoms with Crippen LogP contribution >= 0.6 is 11.3 Å². The average molecular weight is 772 g/mol. The zero-order valence-corrected chi connectivity index (χ0v) is 33.0. The summed E-state index contributed by atoms with van der Waals surface area (Å²) in [6.07, 6.45) is 11.4. The van der Waals surface area contributed by atoms with E-state index < -0.39 is 35.6 Å². The number of hydrogen-bond donors (Lipinski definition) is 3. The number of Topliss-reactive ketones (excluding diaryl/α,β-unsaturated/α-hetero) is 2. The largest absolute Gasteiger partial charge is 0.497 e. The molecule has 3 heterocycles. The second-order valence-electron chi connectivity index (χ2n) is 16.0. The molecule has 1 aromatic carbocycles. The van der Waals surface area contributed by atoms with Crippen LogP contribution in [0.1, 0.15) is 97.8 Å². The lowest BCUT2D eigenvalue weighted by molar-refractivity contribution is -0.135. The fourth-order valence-electron chi connectivity index (χ4n) is 8.50. The minimum Gasteiger partial charge on any atom is -0.497 e. The third kappa shape index (κ3) is 8.82. The number of rotatable bonds is 9. The number of aromatic nitrogens is 2. The van der Waals surface area contributed by atoms with E-state index in [2.05, 4.69) is 41.9 Å². The topological polar surface area (TPSA) is 158 Å². The number of pyridine rings is 1. The number of benzene rings is 1. The van der Waals surface area contributed by atoms with Gasteiger partial charge in [0.25, 0.3) is 0 Å². The summed E-state index contributed by atoms with van der Waals surface area (Å²) >= 11 is 1.49. The normalized spacial score (nSPS) is 28.0. The number of alkyl carbamates (subject to hydrolysis) is 1. The summed E-state index contributed by atoms with van der Waals surface area (Å²) in [6.45, 7) is 5.63. The number of amides is 2. The molecule has 4 aliphatic rings. The second kappa shape index (κ2) is 16.7. The lowest BCUT2D eigenvalue weighted by Crippen LogP contribution is -2.50. The predicted octanol–water partition coefficient (Wildman–Crippen LogP) is 7.55. The molecule has 3 aromatic rings. The monoisotopic (exact) mass is 771 g/mol. The van der Waals surface area contributed by atoms with Gasteiger partial charge in [-0.05, 0) is 97.1 Å². The van der Waals surface area contributed by atoms with E-state index in [4.69, 9.17) is 24.2 Å². The van der Waals surface area contributed by atoms with E-state index in [9.17, 15) is 19.2 Å². The van der Waals surface area contributed by atoms with Crippen molar-refractivity contribution in [2.24, 2.45) is 17.8 Å². The zero-order valence-electron chi connectivity index (χ0n) is 32.2. The number of anilines is 1. The summed E-state index contributed by atoms with van der Waals surface area (Å²) in [7, 11) is 1.60. The van der Waals surface area contributed by atoms with Gasteiger partial charge in [0.15, 0.2) is 16.7 Å². The number of carbonyl (C=O) groups excluding carboxylic acids is 4. The number of hydrogen-bond acceptors (Lipinski definition) is 11. The molecule has 55 heavy (non-hydrogen) atoms. The van der Waals surface area contributed by atoms with E-state index in [1.165, 1.54) is 18.3 Å². The molecule has 3 fully saturated rings. The zero-order chi connectivity index (χ0) is 38.7. The van der Waals surface area contributed by atoms with Gasteiger partial charge in [-0.3, -0.25) is 14.4 Å². The van der Waals surface area contributed by atoms with Crippen LogP contribution < -0.4 is 25.4 Å². The molecule has 13 heteroatoms. The maximum Gasteiger partial charge on any atom is 0.407 e. The first-order valence-corrected chi connectivity index (χ1v) is 20.8. The van der Waals surface area contributed by atoms with E-state index in [-0.39, 0.29) is 48.4 Å². The van der Waals surface area contributed by atoms with Gasteiger partial charge in [0, 0.05) is 40.8 Å². The van der Waals surface area contributed by atoms with Crippen molar-refractivity contribution in [3.05, 3.63) is 41.8 Å². The van der Waals surface area contributed by atoms with Crippen molar-refractivity contribution in [1.82, 2.24) is 20.6 Å². The van der Waals surface area contributed by atoms with Gasteiger partial charge in [-0.25, -0.2) is 14.8 Å². The lowest BCUT2D eigenvalue weighted by Gasteiger charge is -2.26. The molecule has 1 aliphatic heterocycles. The maximum atomic E-state index is 14.7. The lowest BCUT2D eigenvalue weighted by atomic mass is 9.85. The molecule has 2 aromatic heterocycles. The van der Waals surface area contributed by atoms with Gasteiger partial charge >= 0.3 is 6.09 Å². The number of nitrogens with zero attached hydrogens (tertiary/aromatic N) is 2. The number of nitrogens with one attached hydrogen (secondary N) is 3. The van der Waals surface area contributed by atoms with Gasteiger partial charge < -0.3 is 30.2 Å². The molecule has 294 valence electrons. The van der Waals surface area contributed by atoms with Crippen LogP contribution in [0.5, 0.6) is 11.5 Å². The maximum absolute atomic E-state index is 14.7. The van der Waals surface area contributed by atoms with Crippen molar-refractivity contribution >= 4 is 50.9 Å². The van der Waals surface area contributed by atoms with Crippen molar-refractivity contribution in [3.8, 4) is 22.9 Å². The predicted molar refractivity (Wildman–Crippen MR) is 211 cm³/mol. The van der Waals surface area contributed by atoms with Crippen LogP contribution in [0, 0.1) is 17.8 Å². The van der Waals surface area contributed by atoms with Crippen molar-refractivity contribution in [3.63, 3.8) is 0 Å². The summed E-state index contributed by atoms with van der Waals surface area (Å²) in [5.41, 5.74) is 0.982. The summed E-state index contributed by atoms with van der Waals surface area (Å²) in [4.78, 5) is 64.9. The first kappa shape index (κ1) is 38.7. The quantitative estimate of drug-likeness (QED) is 0.186. The van der Waals surface area contributed by atoms with E-state index in [1.807, 2.05) is 29.6 Å². The molecular weight excluding hydrogens is 719 g/mol. The average Bonchev–Trinajstić information content (AvgIpc) is 3.58. The smallest absolute Gasteiger partial charge is 0.407 e. The number of allylic oxidation sites excluding steroid dienone is 1. The summed E-state index contributed by atoms with van der Waals surface area (Å²) in [5.74, 6) is -1.04. The van der Waals surface area contributed by atoms with Gasteiger partial charge in [-0.15, -0.1) is 11.3 Å². The van der Waals surface area contributed by atoms with Gasteiger partial charge in [-0.2, -0.15) is 0 Å². The highest BCUT2D eigenvalue weighted by molar-refractivity contribution is 7.14. The Morgan fingerprint density at radius 2 is 1.75 bits per heavy atom. The molecule has 6 atom stereocenters. The number of ether oxygens (including phenoxy) is 3. The SMILES string of the molecule is COc1ccc2c(O[C@H]3CC4C(=O)[C@@H](NC(=O)OC5CCCC5)CCCCC/C=C\[C@H]5C[C@@]5(C(C)=O)NC(=O)[C@@H]4C3)cc(-c3csc(NC(C)C)n3)nc2c1. The Bertz CT molecular complexity index is 1940. The Morgan fingerprint density at radius 3 is 2.51 bits per heavy atom. The van der Waals surface area contributed by atoms with Crippen LogP contribution in [0.4, 0.5) is 9.93 Å². The third-order valence-corrected chi connectivity index (χ3v) is 12.4. The number of methoxy groups -OCH3 is 1. The van der Waals surface area contributed by atoms with E-state index in [1.54, 1.807) is 7.11 Å². The minimum atomic E-state index is -0.977. The highest BCUT2D eigenvalue weighted by Crippen LogP contribution is 2.47. The van der Waals surface area contributed by atoms with Crippen LogP contribution in [-0.4, -0.2) is 70.5 Å².